The monoisotopic (exact) mass is 685 g/mol. The normalized spacial score (nSPS) is 18.6. The third-order valence-corrected chi connectivity index (χ3v) is 10.1. The minimum atomic E-state index is -4.89. The Morgan fingerprint density at radius 2 is 1.77 bits per heavy atom. The van der Waals surface area contributed by atoms with Gasteiger partial charge in [-0.05, 0) is 67.0 Å². The van der Waals surface area contributed by atoms with Crippen molar-refractivity contribution in [2.45, 2.75) is 49.4 Å². The summed E-state index contributed by atoms with van der Waals surface area (Å²) in [5.74, 6) is -1.20. The van der Waals surface area contributed by atoms with E-state index in [4.69, 9.17) is 10.5 Å². The molecule has 16 heteroatoms. The Morgan fingerprint density at radius 3 is 2.35 bits per heavy atom. The first-order chi connectivity index (χ1) is 22.6. The fourth-order valence-corrected chi connectivity index (χ4v) is 6.98. The number of halogens is 3. The lowest BCUT2D eigenvalue weighted by Gasteiger charge is -2.39. The molecule has 4 N–H and O–H groups in total. The molecule has 2 aliphatic heterocycles. The van der Waals surface area contributed by atoms with E-state index in [2.05, 4.69) is 20.4 Å². The molecule has 0 aliphatic carbocycles. The van der Waals surface area contributed by atoms with Gasteiger partial charge in [0.05, 0.1) is 16.3 Å². The second-order valence-corrected chi connectivity index (χ2v) is 14.4. The van der Waals surface area contributed by atoms with Gasteiger partial charge in [-0.3, -0.25) is 4.79 Å². The Labute approximate surface area is 274 Å². The van der Waals surface area contributed by atoms with Crippen LogP contribution in [0.3, 0.4) is 0 Å². The molecule has 0 amide bonds. The minimum absolute atomic E-state index is 0.100. The maximum Gasteiger partial charge on any atom is 0.429 e. The van der Waals surface area contributed by atoms with Crippen molar-refractivity contribution in [3.8, 4) is 22.7 Å². The van der Waals surface area contributed by atoms with Gasteiger partial charge in [0, 0.05) is 43.7 Å². The van der Waals surface area contributed by atoms with Crippen molar-refractivity contribution in [2.24, 2.45) is 5.41 Å². The quantitative estimate of drug-likeness (QED) is 0.242. The van der Waals surface area contributed by atoms with Crippen LogP contribution in [0.4, 0.5) is 24.9 Å². The molecule has 2 fully saturated rings. The summed E-state index contributed by atoms with van der Waals surface area (Å²) in [4.78, 5) is 21.7. The van der Waals surface area contributed by atoms with Gasteiger partial charge in [-0.2, -0.15) is 28.2 Å². The molecule has 0 bridgehead atoms. The molecule has 2 aromatic heterocycles. The Balaban J connectivity index is 1.31. The predicted octanol–water partition coefficient (Wildman–Crippen LogP) is 4.34. The molecule has 2 atom stereocenters. The average Bonchev–Trinajstić information content (AvgIpc) is 3.65. The molecule has 2 saturated heterocycles. The van der Waals surface area contributed by atoms with Crippen molar-refractivity contribution in [1.29, 1.82) is 0 Å². The van der Waals surface area contributed by atoms with E-state index in [0.717, 1.165) is 6.26 Å². The fourth-order valence-electron chi connectivity index (χ4n) is 6.35. The molecular weight excluding hydrogens is 651 g/mol. The highest BCUT2D eigenvalue weighted by atomic mass is 32.2. The van der Waals surface area contributed by atoms with Crippen molar-refractivity contribution in [3.05, 3.63) is 72.1 Å². The topological polar surface area (TPSA) is 166 Å². The molecule has 2 aromatic carbocycles. The predicted molar refractivity (Wildman–Crippen MR) is 171 cm³/mol. The molecule has 6 rings (SSSR count). The fraction of sp³-hybridized carbons (Fsp3) is 0.375. The first-order valence-electron chi connectivity index (χ1n) is 15.2. The number of piperidine rings is 1. The number of carboxylic acids is 1. The zero-order valence-corrected chi connectivity index (χ0v) is 26.9. The van der Waals surface area contributed by atoms with E-state index < -0.39 is 34.1 Å². The lowest BCUT2D eigenvalue weighted by Crippen LogP contribution is -2.41. The van der Waals surface area contributed by atoms with Crippen LogP contribution < -0.4 is 20.7 Å². The summed E-state index contributed by atoms with van der Waals surface area (Å²) >= 11 is 0. The molecule has 48 heavy (non-hydrogen) atoms. The number of aryl methyl sites for hydroxylation is 1. The molecule has 0 saturated carbocycles. The van der Waals surface area contributed by atoms with Crippen LogP contribution >= 0.6 is 0 Å². The summed E-state index contributed by atoms with van der Waals surface area (Å²) in [6.45, 7) is 3.29. The molecule has 254 valence electrons. The van der Waals surface area contributed by atoms with Gasteiger partial charge >= 0.3 is 12.1 Å². The number of sulfone groups is 1. The number of aromatic nitrogens is 4. The zero-order chi connectivity index (χ0) is 34.4. The third kappa shape index (κ3) is 6.94. The van der Waals surface area contributed by atoms with Crippen molar-refractivity contribution in [2.75, 3.05) is 36.5 Å². The highest BCUT2D eigenvalue weighted by Gasteiger charge is 2.46. The summed E-state index contributed by atoms with van der Waals surface area (Å²) in [6.07, 6.45) is -2.87. The number of rotatable bonds is 8. The molecular formula is C32H34F3N7O5S. The molecule has 4 aromatic rings. The number of hydrogen-bond acceptors (Lipinski definition) is 10. The van der Waals surface area contributed by atoms with E-state index in [9.17, 15) is 31.5 Å². The van der Waals surface area contributed by atoms with Gasteiger partial charge in [0.25, 0.3) is 0 Å². The first kappa shape index (κ1) is 33.2. The van der Waals surface area contributed by atoms with Crippen molar-refractivity contribution in [1.82, 2.24) is 25.1 Å². The second kappa shape index (κ2) is 12.4. The number of benzene rings is 2. The minimum Gasteiger partial charge on any atom is -0.480 e. The lowest BCUT2D eigenvalue weighted by atomic mass is 9.76. The van der Waals surface area contributed by atoms with Gasteiger partial charge in [0.15, 0.2) is 9.84 Å². The number of nitrogens with one attached hydrogen (secondary N) is 1. The SMILES string of the molecule is Cc1ccn(-c2cc(-c3ccc(S(C)(=O)=O)cc3)ccc2[C@@H](Oc2cc(N3CCC4(CC3)CN[C@H](C(=O)O)C4)nc(N)n2)C(F)(F)F)n1. The Kier molecular flexibility index (Phi) is 8.57. The van der Waals surface area contributed by atoms with Crippen LogP contribution in [0.15, 0.2) is 65.7 Å². The number of anilines is 2. The number of aliphatic carboxylic acids is 1. The summed E-state index contributed by atoms with van der Waals surface area (Å²) in [6, 6.07) is 12.8. The lowest BCUT2D eigenvalue weighted by molar-refractivity contribution is -0.198. The Morgan fingerprint density at radius 1 is 1.08 bits per heavy atom. The van der Waals surface area contributed by atoms with Gasteiger partial charge in [-0.25, -0.2) is 13.1 Å². The van der Waals surface area contributed by atoms with Crippen LogP contribution in [0.5, 0.6) is 5.88 Å². The van der Waals surface area contributed by atoms with Crippen LogP contribution in [0.2, 0.25) is 0 Å². The summed E-state index contributed by atoms with van der Waals surface area (Å²) in [5, 5.41) is 16.8. The summed E-state index contributed by atoms with van der Waals surface area (Å²) in [7, 11) is -3.44. The highest BCUT2D eigenvalue weighted by Crippen LogP contribution is 2.43. The largest absolute Gasteiger partial charge is 0.480 e. The number of carbonyl (C=O) groups is 1. The second-order valence-electron chi connectivity index (χ2n) is 12.4. The van der Waals surface area contributed by atoms with Gasteiger partial charge < -0.3 is 25.8 Å². The third-order valence-electron chi connectivity index (χ3n) is 8.95. The highest BCUT2D eigenvalue weighted by molar-refractivity contribution is 7.90. The number of nitrogen functional groups attached to an aromatic ring is 1. The zero-order valence-electron chi connectivity index (χ0n) is 26.1. The standard InChI is InChI=1S/C32H34F3N7O5S/c1-19-9-12-42(40-19)25-15-21(20-3-6-22(7-4-20)48(2,45)46)5-8-23(25)28(32(33,34)35)47-27-16-26(38-30(36)39-27)41-13-10-31(11-14-41)17-24(29(43)44)37-18-31/h3-9,12,15-16,24,28,37H,10-11,13-14,17-18H2,1-2H3,(H,43,44)(H2,36,38,39)/t24-,28+/m0/s1. The van der Waals surface area contributed by atoms with Gasteiger partial charge in [0.1, 0.15) is 11.9 Å². The van der Waals surface area contributed by atoms with E-state index in [1.807, 2.05) is 4.90 Å². The smallest absolute Gasteiger partial charge is 0.429 e. The van der Waals surface area contributed by atoms with Crippen LogP contribution in [0.1, 0.15) is 36.6 Å². The van der Waals surface area contributed by atoms with Gasteiger partial charge in [0.2, 0.25) is 17.9 Å². The van der Waals surface area contributed by atoms with Crippen LogP contribution in [-0.2, 0) is 14.6 Å². The van der Waals surface area contributed by atoms with E-state index in [-0.39, 0.29) is 33.4 Å². The Hall–Kier alpha value is -4.70. The van der Waals surface area contributed by atoms with E-state index in [1.165, 1.54) is 41.1 Å². The van der Waals surface area contributed by atoms with Crippen LogP contribution in [0, 0.1) is 12.3 Å². The van der Waals surface area contributed by atoms with Gasteiger partial charge in [-0.1, -0.05) is 24.3 Å². The Bertz CT molecular complexity index is 1940. The summed E-state index contributed by atoms with van der Waals surface area (Å²) < 4.78 is 75.3. The maximum absolute atomic E-state index is 14.8. The first-order valence-corrected chi connectivity index (χ1v) is 17.1. The molecule has 2 aliphatic rings. The van der Waals surface area contributed by atoms with Crippen molar-refractivity contribution >= 4 is 27.6 Å². The van der Waals surface area contributed by atoms with Crippen molar-refractivity contribution in [3.63, 3.8) is 0 Å². The summed E-state index contributed by atoms with van der Waals surface area (Å²) in [5.41, 5.74) is 7.36. The van der Waals surface area contributed by atoms with Gasteiger partial charge in [-0.15, -0.1) is 0 Å². The molecule has 1 spiro atoms. The maximum atomic E-state index is 14.8. The van der Waals surface area contributed by atoms with Crippen LogP contribution in [-0.4, -0.2) is 77.4 Å². The number of alkyl halides is 3. The van der Waals surface area contributed by atoms with Crippen LogP contribution in [0.25, 0.3) is 16.8 Å². The number of nitrogens with zero attached hydrogens (tertiary/aromatic N) is 5. The number of ether oxygens (including phenoxy) is 1. The van der Waals surface area contributed by atoms with E-state index in [0.29, 0.717) is 61.5 Å². The number of carboxylic acid groups (broad SMARTS) is 1. The number of hydrogen-bond donors (Lipinski definition) is 3. The average molecular weight is 686 g/mol. The van der Waals surface area contributed by atoms with E-state index in [1.54, 1.807) is 31.3 Å². The number of nitrogens with two attached hydrogens (primary N) is 1. The van der Waals surface area contributed by atoms with Crippen molar-refractivity contribution < 1.29 is 36.2 Å². The molecule has 0 unspecified atom stereocenters. The van der Waals surface area contributed by atoms with E-state index >= 15 is 0 Å². The molecule has 4 heterocycles. The molecule has 0 radical (unpaired) electrons. The molecule has 12 nitrogen and oxygen atoms in total.